The van der Waals surface area contributed by atoms with Crippen LogP contribution < -0.4 is 19.1 Å². The second-order valence-electron chi connectivity index (χ2n) is 11.0. The van der Waals surface area contributed by atoms with Crippen LogP contribution in [0.15, 0.2) is 48.6 Å². The number of hydrogen-bond acceptors (Lipinski definition) is 8. The molecule has 0 saturated heterocycles. The van der Waals surface area contributed by atoms with E-state index >= 15 is 0 Å². The van der Waals surface area contributed by atoms with Crippen molar-refractivity contribution in [3.8, 4) is 17.2 Å². The van der Waals surface area contributed by atoms with E-state index in [4.69, 9.17) is 14.2 Å². The van der Waals surface area contributed by atoms with Crippen molar-refractivity contribution in [2.24, 2.45) is 0 Å². The van der Waals surface area contributed by atoms with Crippen molar-refractivity contribution in [3.05, 3.63) is 69.8 Å². The van der Waals surface area contributed by atoms with Gasteiger partial charge in [-0.05, 0) is 88.3 Å². The lowest BCUT2D eigenvalue weighted by Crippen LogP contribution is -2.58. The first kappa shape index (κ1) is 27.4. The molecular weight excluding hydrogens is 512 g/mol. The third-order valence-electron chi connectivity index (χ3n) is 8.05. The van der Waals surface area contributed by atoms with Gasteiger partial charge < -0.3 is 19.1 Å². The first-order valence-electron chi connectivity index (χ1n) is 13.8. The van der Waals surface area contributed by atoms with Gasteiger partial charge in [-0.3, -0.25) is 19.7 Å². The van der Waals surface area contributed by atoms with Crippen molar-refractivity contribution in [2.45, 2.75) is 76.4 Å². The first-order valence-corrected chi connectivity index (χ1v) is 13.8. The lowest BCUT2D eigenvalue weighted by Gasteiger charge is -2.45. The second kappa shape index (κ2) is 10.8. The van der Waals surface area contributed by atoms with Crippen molar-refractivity contribution >= 4 is 29.4 Å². The van der Waals surface area contributed by atoms with E-state index in [1.165, 1.54) is 12.1 Å². The predicted molar refractivity (Wildman–Crippen MR) is 151 cm³/mol. The molecule has 0 saturated carbocycles. The van der Waals surface area contributed by atoms with E-state index in [2.05, 4.69) is 12.2 Å². The van der Waals surface area contributed by atoms with E-state index in [0.29, 0.717) is 24.2 Å². The number of esters is 2. The number of rotatable bonds is 1. The molecule has 40 heavy (non-hydrogen) atoms. The summed E-state index contributed by atoms with van der Waals surface area (Å²) in [6.45, 7) is 4.05. The lowest BCUT2D eigenvalue weighted by atomic mass is 9.76. The molecule has 3 heterocycles. The van der Waals surface area contributed by atoms with E-state index in [-0.39, 0.29) is 29.6 Å². The Bertz CT molecular complexity index is 1410. The highest BCUT2D eigenvalue weighted by Gasteiger charge is 2.58. The van der Waals surface area contributed by atoms with Gasteiger partial charge in [0.05, 0.1) is 16.4 Å². The standard InChI is InChI=1S/C31H34N2O7/c1-30(2)24-20-23-14-15-25(24)32(3)31(30)17-16-21-18-22(33(36)37)19-26(29(21)40-31)39-28(35)13-11-9-7-5-4-6-8-10-12-27(34)38-23/h4-5,14-20H,6-13H2,1-3H3/b5-4-. The minimum absolute atomic E-state index is 0.0229. The Morgan fingerprint density at radius 1 is 0.925 bits per heavy atom. The van der Waals surface area contributed by atoms with Gasteiger partial charge in [0, 0.05) is 37.2 Å². The summed E-state index contributed by atoms with van der Waals surface area (Å²) in [4.78, 5) is 38.5. The number of fused-ring (bicyclic) bond motifs is 1. The van der Waals surface area contributed by atoms with Crippen LogP contribution in [-0.4, -0.2) is 29.6 Å². The largest absolute Gasteiger partial charge is 0.459 e. The molecule has 9 nitrogen and oxygen atoms in total. The van der Waals surface area contributed by atoms with Crippen LogP contribution in [0.1, 0.15) is 76.3 Å². The quantitative estimate of drug-likeness (QED) is 0.129. The summed E-state index contributed by atoms with van der Waals surface area (Å²) in [6.07, 6.45) is 13.2. The summed E-state index contributed by atoms with van der Waals surface area (Å²) >= 11 is 0. The normalized spacial score (nSPS) is 23.3. The smallest absolute Gasteiger partial charge is 0.311 e. The summed E-state index contributed by atoms with van der Waals surface area (Å²) in [5.74, 6) is 0.0333. The fourth-order valence-electron chi connectivity index (χ4n) is 5.75. The van der Waals surface area contributed by atoms with Gasteiger partial charge in [-0.2, -0.15) is 0 Å². The molecule has 5 rings (SSSR count). The van der Waals surface area contributed by atoms with Gasteiger partial charge in [-0.1, -0.05) is 12.2 Å². The van der Waals surface area contributed by atoms with Gasteiger partial charge in [-0.15, -0.1) is 0 Å². The van der Waals surface area contributed by atoms with Gasteiger partial charge in [0.25, 0.3) is 5.69 Å². The lowest BCUT2D eigenvalue weighted by molar-refractivity contribution is -0.385. The molecule has 0 aliphatic carbocycles. The molecule has 9 heteroatoms. The highest BCUT2D eigenvalue weighted by atomic mass is 16.6. The Labute approximate surface area is 233 Å². The molecule has 1 atom stereocenters. The van der Waals surface area contributed by atoms with E-state index in [0.717, 1.165) is 43.4 Å². The number of nitrogens with zero attached hydrogens (tertiary/aromatic N) is 2. The molecule has 210 valence electrons. The van der Waals surface area contributed by atoms with E-state index in [1.807, 2.05) is 44.0 Å². The number of hydrogen-bond donors (Lipinski definition) is 0. The van der Waals surface area contributed by atoms with Crippen LogP contribution in [0, 0.1) is 10.1 Å². The first-order chi connectivity index (χ1) is 19.1. The van der Waals surface area contributed by atoms with Gasteiger partial charge in [0.1, 0.15) is 5.75 Å². The summed E-state index contributed by atoms with van der Waals surface area (Å²) in [7, 11) is 1.90. The third-order valence-corrected chi connectivity index (χ3v) is 8.05. The molecule has 3 aliphatic heterocycles. The molecule has 1 unspecified atom stereocenters. The number of non-ortho nitro benzene ring substituents is 1. The summed E-state index contributed by atoms with van der Waals surface area (Å²) in [6, 6.07) is 8.21. The molecule has 3 aliphatic rings. The highest BCUT2D eigenvalue weighted by molar-refractivity contribution is 5.79. The van der Waals surface area contributed by atoms with Crippen LogP contribution in [0.2, 0.25) is 0 Å². The van der Waals surface area contributed by atoms with Crippen molar-refractivity contribution in [1.82, 2.24) is 0 Å². The van der Waals surface area contributed by atoms with Crippen molar-refractivity contribution in [2.75, 3.05) is 11.9 Å². The number of carbonyl (C=O) groups excluding carboxylic acids is 2. The Morgan fingerprint density at radius 3 is 2.27 bits per heavy atom. The zero-order valence-corrected chi connectivity index (χ0v) is 23.1. The molecule has 0 amide bonds. The maximum Gasteiger partial charge on any atom is 0.311 e. The Kier molecular flexibility index (Phi) is 7.40. The molecular formula is C31H34N2O7. The predicted octanol–water partition coefficient (Wildman–Crippen LogP) is 6.63. The van der Waals surface area contributed by atoms with Gasteiger partial charge in [-0.25, -0.2) is 0 Å². The van der Waals surface area contributed by atoms with E-state index in [9.17, 15) is 19.7 Å². The van der Waals surface area contributed by atoms with Crippen molar-refractivity contribution in [3.63, 3.8) is 0 Å². The number of nitro benzene ring substituents is 1. The summed E-state index contributed by atoms with van der Waals surface area (Å²) in [5.41, 5.74) is 0.388. The van der Waals surface area contributed by atoms with Crippen molar-refractivity contribution in [1.29, 1.82) is 0 Å². The number of allylic oxidation sites excluding steroid dienone is 2. The van der Waals surface area contributed by atoms with Crippen LogP contribution in [0.25, 0.3) is 6.08 Å². The minimum atomic E-state index is -1.04. The molecule has 0 radical (unpaired) electrons. The molecule has 0 N–H and O–H groups in total. The minimum Gasteiger partial charge on any atom is -0.459 e. The summed E-state index contributed by atoms with van der Waals surface area (Å²) < 4.78 is 18.1. The molecule has 0 fully saturated rings. The number of benzene rings is 2. The third kappa shape index (κ3) is 4.96. The van der Waals surface area contributed by atoms with E-state index in [1.54, 1.807) is 12.1 Å². The topological polar surface area (TPSA) is 108 Å². The number of anilines is 1. The molecule has 2 aromatic carbocycles. The van der Waals surface area contributed by atoms with Crippen LogP contribution in [0.4, 0.5) is 11.4 Å². The maximum atomic E-state index is 12.8. The molecule has 0 aromatic heterocycles. The molecule has 1 spiro atoms. The fraction of sp³-hybridized carbons (Fsp3) is 0.419. The van der Waals surface area contributed by atoms with Gasteiger partial charge >= 0.3 is 11.9 Å². The zero-order chi connectivity index (χ0) is 28.5. The Morgan fingerprint density at radius 2 is 1.60 bits per heavy atom. The number of nitro groups is 1. The van der Waals surface area contributed by atoms with Gasteiger partial charge in [0.2, 0.25) is 5.72 Å². The number of ether oxygens (including phenoxy) is 3. The number of carbonyl (C=O) groups is 2. The van der Waals surface area contributed by atoms with E-state index < -0.39 is 22.0 Å². The van der Waals surface area contributed by atoms with Crippen molar-refractivity contribution < 1.29 is 28.7 Å². The fourth-order valence-corrected chi connectivity index (χ4v) is 5.75. The summed E-state index contributed by atoms with van der Waals surface area (Å²) in [5, 5.41) is 11.7. The second-order valence-corrected chi connectivity index (χ2v) is 11.0. The average molecular weight is 547 g/mol. The van der Waals surface area contributed by atoms with Gasteiger partial charge in [0.15, 0.2) is 11.5 Å². The van der Waals surface area contributed by atoms with Crippen LogP contribution in [-0.2, 0) is 15.0 Å². The Balaban J connectivity index is 1.55. The Hall–Kier alpha value is -4.14. The van der Waals surface area contributed by atoms with Crippen LogP contribution >= 0.6 is 0 Å². The molecule has 2 aromatic rings. The monoisotopic (exact) mass is 546 g/mol. The van der Waals surface area contributed by atoms with Crippen LogP contribution in [0.3, 0.4) is 0 Å². The average Bonchev–Trinajstić information content (AvgIpc) is 3.07. The highest BCUT2D eigenvalue weighted by Crippen LogP contribution is 2.56. The maximum absolute atomic E-state index is 12.8. The van der Waals surface area contributed by atoms with Crippen LogP contribution in [0.5, 0.6) is 17.2 Å². The SMILES string of the molecule is CN1c2ccc3cc2C(C)(C)C12C=Cc1cc([N+](=O)[O-])cc(c1O2)OC(=O)CCCC/C=C\CCCCC(=O)O3. The zero-order valence-electron chi connectivity index (χ0n) is 23.1. The number of likely N-dealkylation sites (N-methyl/N-ethyl adjacent to an activating group) is 1. The molecule has 4 bridgehead atoms.